The predicted octanol–water partition coefficient (Wildman–Crippen LogP) is 6.33. The topological polar surface area (TPSA) is 63.3 Å². The average Bonchev–Trinajstić information content (AvgIpc) is 3.35. The van der Waals surface area contributed by atoms with Gasteiger partial charge < -0.3 is 25.6 Å². The Labute approximate surface area is 246 Å². The molecule has 5 aliphatic rings. The van der Waals surface area contributed by atoms with E-state index in [1.54, 1.807) is 0 Å². The largest absolute Gasteiger partial charge is 0.384 e. The van der Waals surface area contributed by atoms with Gasteiger partial charge in [-0.3, -0.25) is 0 Å². The van der Waals surface area contributed by atoms with E-state index in [1.807, 2.05) is 0 Å². The first-order valence-electron chi connectivity index (χ1n) is 16.7. The molecule has 5 heterocycles. The fraction of sp³-hybridized carbons (Fsp3) is 0.611. The van der Waals surface area contributed by atoms with Crippen LogP contribution in [0.3, 0.4) is 0 Å². The van der Waals surface area contributed by atoms with Crippen LogP contribution >= 0.6 is 0 Å². The van der Waals surface area contributed by atoms with Crippen LogP contribution in [0.15, 0.2) is 60.2 Å². The van der Waals surface area contributed by atoms with E-state index in [1.165, 1.54) is 72.8 Å². The van der Waals surface area contributed by atoms with Gasteiger partial charge in [0.15, 0.2) is 0 Å². The van der Waals surface area contributed by atoms with Crippen molar-refractivity contribution in [3.63, 3.8) is 0 Å². The van der Waals surface area contributed by atoms with Crippen LogP contribution in [0.2, 0.25) is 0 Å². The zero-order chi connectivity index (χ0) is 27.7. The molecule has 1 saturated heterocycles. The zero-order valence-corrected chi connectivity index (χ0v) is 24.8. The molecule has 4 aliphatic heterocycles. The molecule has 220 valence electrons. The molecule has 5 nitrogen and oxygen atoms in total. The summed E-state index contributed by atoms with van der Waals surface area (Å²) in [4.78, 5) is 6.63. The molecule has 7 rings (SSSR count). The van der Waals surface area contributed by atoms with Gasteiger partial charge in [-0.15, -0.1) is 0 Å². The zero-order valence-electron chi connectivity index (χ0n) is 24.8. The number of aromatic amines is 1. The van der Waals surface area contributed by atoms with E-state index < -0.39 is 5.60 Å². The number of nitrogens with one attached hydrogen (secondary N) is 3. The van der Waals surface area contributed by atoms with Crippen LogP contribution in [0.5, 0.6) is 0 Å². The quantitative estimate of drug-likeness (QED) is 0.311. The van der Waals surface area contributed by atoms with Gasteiger partial charge in [0.1, 0.15) is 0 Å². The van der Waals surface area contributed by atoms with Crippen LogP contribution in [-0.4, -0.2) is 59.4 Å². The van der Waals surface area contributed by atoms with Crippen LogP contribution < -0.4 is 10.6 Å². The summed E-state index contributed by atoms with van der Waals surface area (Å²) in [7, 11) is 0. The molecule has 1 fully saturated rings. The first-order chi connectivity index (χ1) is 20.2. The smallest absolute Gasteiger partial charge is 0.0992 e. The monoisotopic (exact) mass is 554 g/mol. The number of aromatic nitrogens is 1. The fourth-order valence-corrected chi connectivity index (χ4v) is 9.27. The van der Waals surface area contributed by atoms with E-state index in [2.05, 4.69) is 75.2 Å². The van der Waals surface area contributed by atoms with Crippen LogP contribution in [0.4, 0.5) is 0 Å². The molecule has 1 aromatic heterocycles. The lowest BCUT2D eigenvalue weighted by molar-refractivity contribution is -0.0902. The number of nitrogens with zero attached hydrogens (tertiary/aromatic N) is 1. The molecule has 4 N–H and O–H groups in total. The third kappa shape index (κ3) is 5.18. The van der Waals surface area contributed by atoms with Crippen LogP contribution in [-0.2, 0) is 6.42 Å². The number of hydrogen-bond donors (Lipinski definition) is 4. The molecule has 1 aromatic carbocycles. The number of para-hydroxylation sites is 1. The van der Waals surface area contributed by atoms with Gasteiger partial charge in [-0.25, -0.2) is 0 Å². The molecule has 3 bridgehead atoms. The summed E-state index contributed by atoms with van der Waals surface area (Å²) in [6.45, 7) is 5.39. The van der Waals surface area contributed by atoms with Crippen LogP contribution in [0.1, 0.15) is 87.9 Å². The predicted molar refractivity (Wildman–Crippen MR) is 169 cm³/mol. The molecule has 6 atom stereocenters. The number of H-pyrrole nitrogens is 1. The van der Waals surface area contributed by atoms with E-state index in [4.69, 9.17) is 0 Å². The van der Waals surface area contributed by atoms with E-state index in [0.29, 0.717) is 5.92 Å². The summed E-state index contributed by atoms with van der Waals surface area (Å²) >= 11 is 0. The van der Waals surface area contributed by atoms with Crippen molar-refractivity contribution in [1.29, 1.82) is 0 Å². The van der Waals surface area contributed by atoms with Crippen molar-refractivity contribution >= 4 is 10.9 Å². The van der Waals surface area contributed by atoms with Gasteiger partial charge in [0.2, 0.25) is 0 Å². The maximum absolute atomic E-state index is 13.0. The first kappa shape index (κ1) is 27.6. The maximum atomic E-state index is 13.0. The number of hydrogen-bond acceptors (Lipinski definition) is 4. The molecule has 0 radical (unpaired) electrons. The van der Waals surface area contributed by atoms with Crippen molar-refractivity contribution < 1.29 is 5.11 Å². The number of rotatable bonds is 1. The average molecular weight is 555 g/mol. The highest BCUT2D eigenvalue weighted by atomic mass is 16.3. The van der Waals surface area contributed by atoms with Gasteiger partial charge in [0.25, 0.3) is 0 Å². The minimum absolute atomic E-state index is 0.00512. The standard InChI is InChI=1S/C36H50N4O/c41-36-20-12-6-2-4-8-14-23-40-24-18-30(35(26-40)19-11-5-1-3-7-13-21-38-34(35)36)29(25-36)32-33-28(17-22-37-32)27-15-9-10-16-31(27)39-33/h1-2,5-6,9-10,15-16,25,30,32,34,37-39,41H,3-4,7-8,11-14,17-24,26H2/b5-1+,6-2-/t30-,32-,34+,35-,36-/m0/s1. The maximum Gasteiger partial charge on any atom is 0.0992 e. The highest BCUT2D eigenvalue weighted by molar-refractivity contribution is 5.85. The molecular weight excluding hydrogens is 504 g/mol. The molecule has 1 aliphatic carbocycles. The van der Waals surface area contributed by atoms with Crippen molar-refractivity contribution in [2.75, 3.05) is 32.7 Å². The van der Waals surface area contributed by atoms with Gasteiger partial charge in [-0.1, -0.05) is 48.6 Å². The van der Waals surface area contributed by atoms with Gasteiger partial charge in [0.05, 0.1) is 11.6 Å². The minimum atomic E-state index is -0.879. The Morgan fingerprint density at radius 3 is 2.54 bits per heavy atom. The Kier molecular flexibility index (Phi) is 7.98. The van der Waals surface area contributed by atoms with Gasteiger partial charge in [-0.05, 0) is 120 Å². The Bertz CT molecular complexity index is 1310. The lowest BCUT2D eigenvalue weighted by Gasteiger charge is -2.61. The van der Waals surface area contributed by atoms with Crippen LogP contribution in [0.25, 0.3) is 10.9 Å². The molecule has 0 amide bonds. The Morgan fingerprint density at radius 2 is 1.63 bits per heavy atom. The lowest BCUT2D eigenvalue weighted by atomic mass is 9.52. The van der Waals surface area contributed by atoms with Gasteiger partial charge in [0, 0.05) is 41.1 Å². The normalized spacial score (nSPS) is 38.2. The lowest BCUT2D eigenvalue weighted by Crippen LogP contribution is -2.69. The highest BCUT2D eigenvalue weighted by Crippen LogP contribution is 2.56. The van der Waals surface area contributed by atoms with Gasteiger partial charge >= 0.3 is 0 Å². The molecule has 1 unspecified atom stereocenters. The summed E-state index contributed by atoms with van der Waals surface area (Å²) in [6.07, 6.45) is 25.4. The number of fused-ring (bicyclic) bond motifs is 4. The minimum Gasteiger partial charge on any atom is -0.384 e. The van der Waals surface area contributed by atoms with E-state index >= 15 is 0 Å². The Morgan fingerprint density at radius 1 is 0.829 bits per heavy atom. The third-order valence-corrected chi connectivity index (χ3v) is 11.1. The van der Waals surface area contributed by atoms with Crippen molar-refractivity contribution in [2.45, 2.75) is 94.7 Å². The molecule has 2 aromatic rings. The van der Waals surface area contributed by atoms with E-state index in [0.717, 1.165) is 64.7 Å². The Balaban J connectivity index is 1.38. The van der Waals surface area contributed by atoms with E-state index in [9.17, 15) is 5.11 Å². The number of benzene rings is 1. The molecule has 1 spiro atoms. The fourth-order valence-electron chi connectivity index (χ4n) is 9.27. The second-order valence-corrected chi connectivity index (χ2v) is 13.6. The molecule has 5 heteroatoms. The molecule has 0 saturated carbocycles. The third-order valence-electron chi connectivity index (χ3n) is 11.1. The second kappa shape index (κ2) is 11.8. The first-order valence-corrected chi connectivity index (χ1v) is 16.7. The summed E-state index contributed by atoms with van der Waals surface area (Å²) in [5, 5.41) is 22.4. The second-order valence-electron chi connectivity index (χ2n) is 13.6. The van der Waals surface area contributed by atoms with Gasteiger partial charge in [-0.2, -0.15) is 0 Å². The summed E-state index contributed by atoms with van der Waals surface area (Å²) in [6, 6.07) is 9.01. The van der Waals surface area contributed by atoms with Crippen molar-refractivity contribution in [3.8, 4) is 0 Å². The van der Waals surface area contributed by atoms with Crippen molar-refractivity contribution in [1.82, 2.24) is 20.5 Å². The highest BCUT2D eigenvalue weighted by Gasteiger charge is 2.59. The summed E-state index contributed by atoms with van der Waals surface area (Å²) < 4.78 is 0. The van der Waals surface area contributed by atoms with E-state index in [-0.39, 0.29) is 17.5 Å². The number of allylic oxidation sites excluding steroid dienone is 4. The summed E-state index contributed by atoms with van der Waals surface area (Å²) in [5.74, 6) is 0.446. The Hall–Kier alpha value is -2.18. The molecular formula is C36H50N4O. The van der Waals surface area contributed by atoms with Crippen LogP contribution in [0, 0.1) is 11.3 Å². The number of aliphatic hydroxyl groups is 1. The van der Waals surface area contributed by atoms with Crippen molar-refractivity contribution in [2.24, 2.45) is 11.3 Å². The number of piperidine rings is 1. The molecule has 41 heavy (non-hydrogen) atoms. The van der Waals surface area contributed by atoms with Crippen molar-refractivity contribution in [3.05, 3.63) is 71.5 Å². The summed E-state index contributed by atoms with van der Waals surface area (Å²) in [5.41, 5.74) is 4.62. The SMILES string of the molecule is O[C@]12C=C([C@@H]3NCCc4c3[nH]c3ccccc43)[C@@H]3CCN(CCCC/C=C\CC1)C[C@@]31CC/C=C/CCCCN[C@H]12.